The number of rotatable bonds is 3. The lowest BCUT2D eigenvalue weighted by Crippen LogP contribution is -2.53. The predicted molar refractivity (Wildman–Crippen MR) is 140 cm³/mol. The van der Waals surface area contributed by atoms with Crippen molar-refractivity contribution in [2.75, 3.05) is 9.80 Å². The maximum absolute atomic E-state index is 14.7. The zero-order valence-corrected chi connectivity index (χ0v) is 20.7. The molecule has 2 amide bonds. The summed E-state index contributed by atoms with van der Waals surface area (Å²) in [6.45, 7) is 1.88. The van der Waals surface area contributed by atoms with E-state index >= 15 is 0 Å². The van der Waals surface area contributed by atoms with Crippen molar-refractivity contribution in [1.29, 1.82) is 0 Å². The van der Waals surface area contributed by atoms with Gasteiger partial charge in [-0.3, -0.25) is 19.3 Å². The number of para-hydroxylation sites is 2. The first-order valence-corrected chi connectivity index (χ1v) is 12.3. The van der Waals surface area contributed by atoms with Crippen LogP contribution in [-0.4, -0.2) is 17.0 Å². The van der Waals surface area contributed by atoms with Crippen LogP contribution in [0.4, 0.5) is 11.5 Å². The molecule has 1 atom stereocenters. The third kappa shape index (κ3) is 2.86. The van der Waals surface area contributed by atoms with Gasteiger partial charge < -0.3 is 13.8 Å². The Morgan fingerprint density at radius 3 is 2.45 bits per heavy atom. The Balaban J connectivity index is 1.55. The maximum Gasteiger partial charge on any atom is 0.297 e. The maximum atomic E-state index is 14.7. The summed E-state index contributed by atoms with van der Waals surface area (Å²) in [5, 5.41) is 4.93. The van der Waals surface area contributed by atoms with Crippen molar-refractivity contribution in [2.45, 2.75) is 19.0 Å². The number of fused-ring (bicyclic) bond motifs is 5. The van der Waals surface area contributed by atoms with Crippen LogP contribution in [0.3, 0.4) is 0 Å². The second-order valence-electron chi connectivity index (χ2n) is 9.31. The number of carbonyl (C=O) groups excluding carboxylic acids is 2. The van der Waals surface area contributed by atoms with Crippen LogP contribution in [0.5, 0.6) is 0 Å². The topological polar surface area (TPSA) is 96.9 Å². The Morgan fingerprint density at radius 1 is 0.947 bits per heavy atom. The fraction of sp³-hybridized carbons (Fsp3) is 0.103. The van der Waals surface area contributed by atoms with Gasteiger partial charge >= 0.3 is 0 Å². The average Bonchev–Trinajstić information content (AvgIpc) is 3.54. The van der Waals surface area contributed by atoms with Gasteiger partial charge in [-0.05, 0) is 42.8 Å². The molecule has 0 fully saturated rings. The van der Waals surface area contributed by atoms with E-state index in [-0.39, 0.29) is 34.7 Å². The van der Waals surface area contributed by atoms with Gasteiger partial charge in [0.05, 0.1) is 23.2 Å². The molecule has 3 aromatic carbocycles. The first kappa shape index (κ1) is 22.5. The number of hydrogen-bond donors (Lipinski definition) is 0. The minimum Gasteiger partial charge on any atom is -0.450 e. The largest absolute Gasteiger partial charge is 0.450 e. The van der Waals surface area contributed by atoms with Crippen LogP contribution in [0.15, 0.2) is 92.6 Å². The van der Waals surface area contributed by atoms with Crippen LogP contribution >= 0.6 is 11.6 Å². The molecule has 4 heterocycles. The Bertz CT molecular complexity index is 1860. The zero-order valence-electron chi connectivity index (χ0n) is 20.0. The monoisotopic (exact) mass is 523 g/mol. The lowest BCUT2D eigenvalue weighted by atomic mass is 9.84. The second-order valence-corrected chi connectivity index (χ2v) is 9.75. The molecule has 0 saturated carbocycles. The van der Waals surface area contributed by atoms with Crippen LogP contribution in [0.1, 0.15) is 33.0 Å². The molecule has 7 rings (SSSR count). The predicted octanol–water partition coefficient (Wildman–Crippen LogP) is 5.19. The number of carbonyl (C=O) groups is 2. The molecule has 186 valence electrons. The highest BCUT2D eigenvalue weighted by Crippen LogP contribution is 2.54. The summed E-state index contributed by atoms with van der Waals surface area (Å²) >= 11 is 6.08. The van der Waals surface area contributed by atoms with E-state index in [1.54, 1.807) is 72.5 Å². The molecule has 1 unspecified atom stereocenters. The highest BCUT2D eigenvalue weighted by Gasteiger charge is 2.66. The van der Waals surface area contributed by atoms with Crippen LogP contribution in [-0.2, 0) is 16.9 Å². The standard InChI is InChI=1S/C29H18ClN3O5/c1-16-14-23(31-38-16)33-27(35)26-24(25(34)19-6-2-5-9-22(19)37-26)29(33)20-7-3-4-8-21(20)32(28(29)36)15-17-10-12-18(30)13-11-17/h2-14H,15H2,1H3. The van der Waals surface area contributed by atoms with E-state index in [0.717, 1.165) is 5.56 Å². The van der Waals surface area contributed by atoms with Crippen molar-refractivity contribution in [3.8, 4) is 0 Å². The summed E-state index contributed by atoms with van der Waals surface area (Å²) in [6, 6.07) is 22.5. The van der Waals surface area contributed by atoms with Gasteiger partial charge in [0.25, 0.3) is 11.8 Å². The van der Waals surface area contributed by atoms with Crippen molar-refractivity contribution < 1.29 is 18.5 Å². The van der Waals surface area contributed by atoms with Gasteiger partial charge in [0.1, 0.15) is 11.3 Å². The number of amides is 2. The van der Waals surface area contributed by atoms with Crippen molar-refractivity contribution in [3.63, 3.8) is 0 Å². The number of nitrogens with zero attached hydrogens (tertiary/aromatic N) is 3. The van der Waals surface area contributed by atoms with Gasteiger partial charge in [-0.15, -0.1) is 0 Å². The molecule has 0 bridgehead atoms. The van der Waals surface area contributed by atoms with E-state index in [2.05, 4.69) is 5.16 Å². The summed E-state index contributed by atoms with van der Waals surface area (Å²) in [4.78, 5) is 45.7. The Kier molecular flexibility index (Phi) is 4.68. The molecular formula is C29H18ClN3O5. The molecule has 0 radical (unpaired) electrons. The fourth-order valence-corrected chi connectivity index (χ4v) is 5.67. The third-order valence-electron chi connectivity index (χ3n) is 7.13. The van der Waals surface area contributed by atoms with Gasteiger partial charge in [0, 0.05) is 16.7 Å². The lowest BCUT2D eigenvalue weighted by molar-refractivity contribution is -0.121. The molecule has 0 saturated heterocycles. The van der Waals surface area contributed by atoms with Gasteiger partial charge in [0.15, 0.2) is 16.8 Å². The van der Waals surface area contributed by atoms with E-state index in [0.29, 0.717) is 22.0 Å². The van der Waals surface area contributed by atoms with Crippen molar-refractivity contribution >= 4 is 45.9 Å². The number of aryl methyl sites for hydroxylation is 1. The summed E-state index contributed by atoms with van der Waals surface area (Å²) in [5.74, 6) is -0.749. The first-order chi connectivity index (χ1) is 18.4. The number of aromatic nitrogens is 1. The van der Waals surface area contributed by atoms with Crippen LogP contribution in [0.2, 0.25) is 5.02 Å². The van der Waals surface area contributed by atoms with E-state index in [1.165, 1.54) is 4.90 Å². The fourth-order valence-electron chi connectivity index (χ4n) is 5.54. The molecule has 9 heteroatoms. The SMILES string of the molecule is Cc1cc(N2C(=O)c3oc4ccccc4c(=O)c3C23C(=O)N(Cc2ccc(Cl)cc2)c2ccccc23)no1. The van der Waals surface area contributed by atoms with E-state index < -0.39 is 22.8 Å². The quantitative estimate of drug-likeness (QED) is 0.323. The van der Waals surface area contributed by atoms with Gasteiger partial charge in [-0.25, -0.2) is 0 Å². The molecule has 0 aliphatic carbocycles. The Hall–Kier alpha value is -4.69. The summed E-state index contributed by atoms with van der Waals surface area (Å²) < 4.78 is 11.3. The normalized spacial score (nSPS) is 18.1. The lowest BCUT2D eigenvalue weighted by Gasteiger charge is -2.32. The van der Waals surface area contributed by atoms with Gasteiger partial charge in [-0.1, -0.05) is 59.2 Å². The summed E-state index contributed by atoms with van der Waals surface area (Å²) in [6.07, 6.45) is 0. The zero-order chi connectivity index (χ0) is 26.2. The van der Waals surface area contributed by atoms with Crippen LogP contribution in [0, 0.1) is 6.92 Å². The molecule has 2 aliphatic heterocycles. The van der Waals surface area contributed by atoms with E-state index in [9.17, 15) is 14.4 Å². The summed E-state index contributed by atoms with van der Waals surface area (Å²) in [5.41, 5.74) is -0.167. The van der Waals surface area contributed by atoms with Crippen molar-refractivity contribution in [2.24, 2.45) is 0 Å². The molecule has 2 aliphatic rings. The molecule has 8 nitrogen and oxygen atoms in total. The van der Waals surface area contributed by atoms with Crippen LogP contribution in [0.25, 0.3) is 11.0 Å². The molecular weight excluding hydrogens is 506 g/mol. The van der Waals surface area contributed by atoms with Crippen molar-refractivity contribution in [1.82, 2.24) is 5.16 Å². The highest BCUT2D eigenvalue weighted by molar-refractivity contribution is 6.30. The molecule has 0 N–H and O–H groups in total. The minimum atomic E-state index is -1.83. The number of hydrogen-bond acceptors (Lipinski definition) is 6. The van der Waals surface area contributed by atoms with Crippen LogP contribution < -0.4 is 15.2 Å². The first-order valence-electron chi connectivity index (χ1n) is 11.9. The van der Waals surface area contributed by atoms with E-state index in [1.807, 2.05) is 18.2 Å². The number of halogens is 1. The second kappa shape index (κ2) is 7.90. The summed E-state index contributed by atoms with van der Waals surface area (Å²) in [7, 11) is 0. The minimum absolute atomic E-state index is 0.0297. The molecule has 38 heavy (non-hydrogen) atoms. The average molecular weight is 524 g/mol. The molecule has 5 aromatic rings. The molecule has 1 spiro atoms. The highest BCUT2D eigenvalue weighted by atomic mass is 35.5. The number of anilines is 2. The van der Waals surface area contributed by atoms with E-state index in [4.69, 9.17) is 20.5 Å². The molecule has 2 aromatic heterocycles. The van der Waals surface area contributed by atoms with Gasteiger partial charge in [-0.2, -0.15) is 0 Å². The Morgan fingerprint density at radius 2 is 1.68 bits per heavy atom. The van der Waals surface area contributed by atoms with Gasteiger partial charge in [0.2, 0.25) is 5.76 Å². The smallest absolute Gasteiger partial charge is 0.297 e. The number of benzene rings is 3. The van der Waals surface area contributed by atoms with Crippen molar-refractivity contribution in [3.05, 3.63) is 122 Å². The Labute approximate surface area is 220 Å². The third-order valence-corrected chi connectivity index (χ3v) is 7.38.